The summed E-state index contributed by atoms with van der Waals surface area (Å²) < 4.78 is 0. The Balaban J connectivity index is 0.000000664. The first-order valence-electron chi connectivity index (χ1n) is 9.76. The van der Waals surface area contributed by atoms with Gasteiger partial charge in [0.25, 0.3) is 0 Å². The molecule has 0 radical (unpaired) electrons. The zero-order valence-corrected chi connectivity index (χ0v) is 16.2. The number of rotatable bonds is 13. The van der Waals surface area contributed by atoms with Crippen LogP contribution in [0.15, 0.2) is 30.6 Å². The summed E-state index contributed by atoms with van der Waals surface area (Å²) in [5.41, 5.74) is 0. The number of aromatic nitrogens is 1. The van der Waals surface area contributed by atoms with E-state index < -0.39 is 0 Å². The largest absolute Gasteiger partial charge is 0.265 e. The number of pyridine rings is 1. The van der Waals surface area contributed by atoms with Gasteiger partial charge in [-0.25, -0.2) is 0 Å². The highest BCUT2D eigenvalue weighted by atomic mass is 35.5. The van der Waals surface area contributed by atoms with Crippen LogP contribution in [0.2, 0.25) is 0 Å². The maximum atomic E-state index is 5.91. The molecule has 0 aliphatic heterocycles. The summed E-state index contributed by atoms with van der Waals surface area (Å²) in [6.07, 6.45) is 21.8. The van der Waals surface area contributed by atoms with E-state index >= 15 is 0 Å². The van der Waals surface area contributed by atoms with Crippen molar-refractivity contribution < 1.29 is 0 Å². The van der Waals surface area contributed by atoms with Gasteiger partial charge in [-0.15, -0.1) is 11.6 Å². The molecule has 1 atom stereocenters. The summed E-state index contributed by atoms with van der Waals surface area (Å²) in [5.74, 6) is 0. The monoisotopic (exact) mass is 339 g/mol. The third kappa shape index (κ3) is 21.4. The predicted octanol–water partition coefficient (Wildman–Crippen LogP) is 7.79. The van der Waals surface area contributed by atoms with Crippen LogP contribution in [0.3, 0.4) is 0 Å². The lowest BCUT2D eigenvalue weighted by Gasteiger charge is -2.03. The minimum Gasteiger partial charge on any atom is -0.265 e. The smallest absolute Gasteiger partial charge is 0.0307 e. The summed E-state index contributed by atoms with van der Waals surface area (Å²) in [5, 5.41) is 0.373. The molecule has 0 aliphatic carbocycles. The van der Waals surface area contributed by atoms with Gasteiger partial charge in [0.1, 0.15) is 0 Å². The van der Waals surface area contributed by atoms with E-state index in [9.17, 15) is 0 Å². The molecule has 0 aliphatic rings. The number of halogens is 1. The van der Waals surface area contributed by atoms with Crippen molar-refractivity contribution in [2.24, 2.45) is 0 Å². The zero-order valence-electron chi connectivity index (χ0n) is 15.5. The van der Waals surface area contributed by atoms with E-state index in [4.69, 9.17) is 11.6 Å². The second-order valence-electron chi connectivity index (χ2n) is 6.48. The van der Waals surface area contributed by atoms with Crippen molar-refractivity contribution in [2.45, 2.75) is 103 Å². The van der Waals surface area contributed by atoms with Gasteiger partial charge in [0, 0.05) is 17.8 Å². The molecule has 2 heteroatoms. The van der Waals surface area contributed by atoms with Gasteiger partial charge in [0.2, 0.25) is 0 Å². The number of alkyl halides is 1. The van der Waals surface area contributed by atoms with Gasteiger partial charge >= 0.3 is 0 Å². The second-order valence-corrected chi connectivity index (χ2v) is 7.23. The van der Waals surface area contributed by atoms with Crippen molar-refractivity contribution in [3.8, 4) is 0 Å². The number of hydrogen-bond donors (Lipinski definition) is 0. The van der Waals surface area contributed by atoms with Crippen LogP contribution in [0.4, 0.5) is 0 Å². The Morgan fingerprint density at radius 2 is 1.13 bits per heavy atom. The number of unbranched alkanes of at least 4 members (excludes halogenated alkanes) is 11. The Morgan fingerprint density at radius 1 is 0.696 bits per heavy atom. The van der Waals surface area contributed by atoms with Gasteiger partial charge in [-0.2, -0.15) is 0 Å². The average molecular weight is 340 g/mol. The molecule has 1 aromatic rings. The molecule has 0 fully saturated rings. The van der Waals surface area contributed by atoms with Crippen LogP contribution >= 0.6 is 11.6 Å². The highest BCUT2D eigenvalue weighted by Crippen LogP contribution is 2.13. The van der Waals surface area contributed by atoms with E-state index in [1.807, 2.05) is 18.2 Å². The van der Waals surface area contributed by atoms with Gasteiger partial charge in [0.15, 0.2) is 0 Å². The van der Waals surface area contributed by atoms with Crippen LogP contribution in [0.5, 0.6) is 0 Å². The first-order valence-corrected chi connectivity index (χ1v) is 10.2. The van der Waals surface area contributed by atoms with E-state index in [0.717, 1.165) is 0 Å². The van der Waals surface area contributed by atoms with Gasteiger partial charge in [-0.3, -0.25) is 4.98 Å². The first kappa shape index (κ1) is 22.4. The fraction of sp³-hybridized carbons (Fsp3) is 0.762. The lowest BCUT2D eigenvalue weighted by molar-refractivity contribution is 0.539. The van der Waals surface area contributed by atoms with Crippen LogP contribution in [0.25, 0.3) is 0 Å². The van der Waals surface area contributed by atoms with Crippen molar-refractivity contribution in [1.82, 2.24) is 4.98 Å². The summed E-state index contributed by atoms with van der Waals surface area (Å²) in [6, 6.07) is 5.72. The van der Waals surface area contributed by atoms with Crippen molar-refractivity contribution in [3.63, 3.8) is 0 Å². The number of nitrogens with zero attached hydrogens (tertiary/aromatic N) is 1. The highest BCUT2D eigenvalue weighted by Gasteiger charge is 1.96. The van der Waals surface area contributed by atoms with Crippen LogP contribution in [-0.4, -0.2) is 10.4 Å². The third-order valence-corrected chi connectivity index (χ3v) is 4.24. The lowest BCUT2D eigenvalue weighted by atomic mass is 10.0. The molecule has 1 aromatic heterocycles. The minimum absolute atomic E-state index is 0.373. The molecule has 134 valence electrons. The Labute approximate surface area is 150 Å². The van der Waals surface area contributed by atoms with Crippen LogP contribution in [0, 0.1) is 0 Å². The molecular formula is C21H38ClN. The average Bonchev–Trinajstić information content (AvgIpc) is 2.58. The third-order valence-electron chi connectivity index (χ3n) is 4.02. The second kappa shape index (κ2) is 19.5. The van der Waals surface area contributed by atoms with E-state index in [0.29, 0.717) is 5.38 Å². The molecule has 0 amide bonds. The molecule has 1 heterocycles. The summed E-state index contributed by atoms with van der Waals surface area (Å²) in [6.45, 7) is 4.38. The molecular weight excluding hydrogens is 302 g/mol. The summed E-state index contributed by atoms with van der Waals surface area (Å²) in [7, 11) is 0. The van der Waals surface area contributed by atoms with Crippen LogP contribution in [0.1, 0.15) is 97.3 Å². The molecule has 0 aromatic carbocycles. The molecule has 0 spiro atoms. The van der Waals surface area contributed by atoms with Crippen LogP contribution < -0.4 is 0 Å². The van der Waals surface area contributed by atoms with Crippen molar-refractivity contribution in [1.29, 1.82) is 0 Å². The maximum Gasteiger partial charge on any atom is 0.0307 e. The molecule has 0 saturated heterocycles. The van der Waals surface area contributed by atoms with Crippen molar-refractivity contribution in [2.75, 3.05) is 0 Å². The molecule has 0 bridgehead atoms. The van der Waals surface area contributed by atoms with E-state index in [1.54, 1.807) is 12.4 Å². The van der Waals surface area contributed by atoms with Gasteiger partial charge in [-0.1, -0.05) is 90.0 Å². The van der Waals surface area contributed by atoms with E-state index in [2.05, 4.69) is 18.8 Å². The minimum atomic E-state index is 0.373. The lowest BCUT2D eigenvalue weighted by Crippen LogP contribution is -1.90. The topological polar surface area (TPSA) is 12.9 Å². The van der Waals surface area contributed by atoms with E-state index in [-0.39, 0.29) is 0 Å². The van der Waals surface area contributed by atoms with Crippen molar-refractivity contribution in [3.05, 3.63) is 30.6 Å². The molecule has 1 nitrogen and oxygen atoms in total. The zero-order chi connectivity index (χ0) is 17.0. The Hall–Kier alpha value is -0.560. The quantitative estimate of drug-likeness (QED) is 0.264. The molecule has 23 heavy (non-hydrogen) atoms. The number of hydrogen-bond acceptors (Lipinski definition) is 1. The fourth-order valence-electron chi connectivity index (χ4n) is 2.58. The predicted molar refractivity (Wildman–Crippen MR) is 105 cm³/mol. The SMILES string of the molecule is CCCCCCCCCCCCCCC(C)Cl.c1ccncc1. The molecule has 0 N–H and O–H groups in total. The summed E-state index contributed by atoms with van der Waals surface area (Å²) >= 11 is 5.91. The maximum absolute atomic E-state index is 5.91. The molecule has 1 rings (SSSR count). The van der Waals surface area contributed by atoms with E-state index in [1.165, 1.54) is 83.5 Å². The standard InChI is InChI=1S/C16H33Cl.C5H5N/c1-3-4-5-6-7-8-9-10-11-12-13-14-15-16(2)17;1-2-4-6-5-3-1/h16H,3-15H2,1-2H3;1-5H. The Morgan fingerprint density at radius 3 is 1.43 bits per heavy atom. The normalized spacial score (nSPS) is 11.6. The van der Waals surface area contributed by atoms with Crippen molar-refractivity contribution >= 4 is 11.6 Å². The molecule has 1 unspecified atom stereocenters. The highest BCUT2D eigenvalue weighted by molar-refractivity contribution is 6.20. The van der Waals surface area contributed by atoms with Gasteiger partial charge < -0.3 is 0 Å². The Bertz CT molecular complexity index is 273. The van der Waals surface area contributed by atoms with Crippen LogP contribution in [-0.2, 0) is 0 Å². The Kier molecular flexibility index (Phi) is 19.0. The fourth-order valence-corrected chi connectivity index (χ4v) is 2.73. The molecule has 0 saturated carbocycles. The van der Waals surface area contributed by atoms with Gasteiger partial charge in [0.05, 0.1) is 0 Å². The summed E-state index contributed by atoms with van der Waals surface area (Å²) in [4.78, 5) is 3.78. The first-order chi connectivity index (χ1) is 11.3. The van der Waals surface area contributed by atoms with Gasteiger partial charge in [-0.05, 0) is 25.5 Å².